The molecule has 0 bridgehead atoms. The maximum absolute atomic E-state index is 6.32. The van der Waals surface area contributed by atoms with Gasteiger partial charge in [-0.05, 0) is 71.4 Å². The van der Waals surface area contributed by atoms with E-state index in [0.29, 0.717) is 0 Å². The van der Waals surface area contributed by atoms with Gasteiger partial charge in [-0.1, -0.05) is 0 Å². The molecule has 134 valence electrons. The van der Waals surface area contributed by atoms with Crippen molar-refractivity contribution in [2.24, 2.45) is 0 Å². The molecule has 0 aliphatic heterocycles. The van der Waals surface area contributed by atoms with Crippen molar-refractivity contribution in [2.75, 3.05) is 6.61 Å². The summed E-state index contributed by atoms with van der Waals surface area (Å²) in [6, 6.07) is 1.18. The molecule has 0 saturated heterocycles. The Kier molecular flexibility index (Phi) is 9.23. The molecule has 0 N–H and O–H groups in total. The molecule has 0 heterocycles. The normalized spacial score (nSPS) is 15.0. The summed E-state index contributed by atoms with van der Waals surface area (Å²) in [7, 11) is -7.57. The summed E-state index contributed by atoms with van der Waals surface area (Å²) < 4.78 is 24.8. The first-order chi connectivity index (χ1) is 9.62. The number of rotatable bonds is 11. The van der Waals surface area contributed by atoms with Crippen LogP contribution < -0.4 is 0 Å². The molecule has 0 amide bonds. The fourth-order valence-electron chi connectivity index (χ4n) is 2.03. The number of hydrogen-bond acceptors (Lipinski definition) is 4. The largest absolute Gasteiger partial charge is 0.476 e. The minimum Gasteiger partial charge on any atom is -0.461 e. The van der Waals surface area contributed by atoms with E-state index in [1.807, 2.05) is 0 Å². The fourth-order valence-corrected chi connectivity index (χ4v) is 15.9. The minimum atomic E-state index is -2.51. The van der Waals surface area contributed by atoms with Crippen LogP contribution >= 0.6 is 0 Å². The Bertz CT molecular complexity index is 304. The molecule has 0 aliphatic carbocycles. The molecule has 0 rings (SSSR count). The van der Waals surface area contributed by atoms with Crippen LogP contribution in [-0.2, 0) is 16.8 Å². The van der Waals surface area contributed by atoms with Crippen LogP contribution in [0.4, 0.5) is 0 Å². The van der Waals surface area contributed by atoms with E-state index in [1.54, 1.807) is 0 Å². The lowest BCUT2D eigenvalue weighted by atomic mass is 10.5. The van der Waals surface area contributed by atoms with E-state index in [9.17, 15) is 0 Å². The van der Waals surface area contributed by atoms with Crippen molar-refractivity contribution < 1.29 is 16.8 Å². The maximum Gasteiger partial charge on any atom is 0.476 e. The smallest absolute Gasteiger partial charge is 0.461 e. The van der Waals surface area contributed by atoms with Crippen LogP contribution in [0.25, 0.3) is 0 Å². The Labute approximate surface area is 145 Å². The molecule has 0 atom stereocenters. The van der Waals surface area contributed by atoms with E-state index >= 15 is 0 Å². The predicted octanol–water partition coefficient (Wildman–Crippen LogP) is 4.02. The second-order valence-electron chi connectivity index (χ2n) is 8.81. The van der Waals surface area contributed by atoms with Crippen LogP contribution in [0.15, 0.2) is 0 Å². The Morgan fingerprint density at radius 3 is 1.50 bits per heavy atom. The van der Waals surface area contributed by atoms with Gasteiger partial charge in [0.1, 0.15) is 9.76 Å². The standard InChI is InChI=1S/C13H38O4Si5/c1-19(2,3)15-18-13-11-12-14-22(10,16-20(4,5)6)17-21(7,8)9/h11-13,18H2,1-10H3. The summed E-state index contributed by atoms with van der Waals surface area (Å²) in [6.45, 7) is 22.8. The molecule has 4 nitrogen and oxygen atoms in total. The van der Waals surface area contributed by atoms with E-state index < -0.39 is 43.5 Å². The zero-order valence-corrected chi connectivity index (χ0v) is 21.9. The molecule has 0 fully saturated rings. The summed E-state index contributed by atoms with van der Waals surface area (Å²) in [4.78, 5) is 0. The Morgan fingerprint density at radius 1 is 0.682 bits per heavy atom. The molecule has 0 spiro atoms. The first-order valence-electron chi connectivity index (χ1n) is 8.30. The van der Waals surface area contributed by atoms with Gasteiger partial charge in [-0.25, -0.2) is 0 Å². The summed E-state index contributed by atoms with van der Waals surface area (Å²) in [6.07, 6.45) is 1.06. The highest BCUT2D eigenvalue weighted by atomic mass is 28.5. The van der Waals surface area contributed by atoms with E-state index in [0.717, 1.165) is 13.0 Å². The van der Waals surface area contributed by atoms with Crippen molar-refractivity contribution in [1.29, 1.82) is 0 Å². The quantitative estimate of drug-likeness (QED) is 0.389. The lowest BCUT2D eigenvalue weighted by Gasteiger charge is -2.37. The van der Waals surface area contributed by atoms with Crippen LogP contribution in [-0.4, -0.2) is 50.1 Å². The third-order valence-corrected chi connectivity index (χ3v) is 16.1. The molecule has 0 saturated carbocycles. The van der Waals surface area contributed by atoms with Gasteiger partial charge in [-0.3, -0.25) is 0 Å². The maximum atomic E-state index is 6.32. The zero-order valence-electron chi connectivity index (χ0n) is 16.5. The second kappa shape index (κ2) is 8.86. The lowest BCUT2D eigenvalue weighted by molar-refractivity contribution is 0.167. The van der Waals surface area contributed by atoms with Gasteiger partial charge in [0.25, 0.3) is 0 Å². The van der Waals surface area contributed by atoms with Crippen molar-refractivity contribution in [3.05, 3.63) is 0 Å². The van der Waals surface area contributed by atoms with E-state index in [4.69, 9.17) is 16.8 Å². The highest BCUT2D eigenvalue weighted by molar-refractivity contribution is 6.85. The molecule has 0 aromatic rings. The average Bonchev–Trinajstić information content (AvgIpc) is 2.15. The van der Waals surface area contributed by atoms with Gasteiger partial charge in [0.15, 0.2) is 25.0 Å². The molecule has 0 unspecified atom stereocenters. The fraction of sp³-hybridized carbons (Fsp3) is 1.00. The van der Waals surface area contributed by atoms with E-state index in [1.165, 1.54) is 6.04 Å². The monoisotopic (exact) mass is 398 g/mol. The second-order valence-corrected chi connectivity index (χ2v) is 27.4. The summed E-state index contributed by atoms with van der Waals surface area (Å²) in [5, 5.41) is 0. The Balaban J connectivity index is 4.31. The predicted molar refractivity (Wildman–Crippen MR) is 109 cm³/mol. The van der Waals surface area contributed by atoms with Crippen molar-refractivity contribution in [3.8, 4) is 0 Å². The highest BCUT2D eigenvalue weighted by Crippen LogP contribution is 2.22. The molecule has 0 radical (unpaired) electrons. The molecule has 0 aromatic carbocycles. The molecular weight excluding hydrogens is 361 g/mol. The van der Waals surface area contributed by atoms with Crippen molar-refractivity contribution >= 4 is 43.5 Å². The van der Waals surface area contributed by atoms with Gasteiger partial charge in [-0.2, -0.15) is 0 Å². The Morgan fingerprint density at radius 2 is 1.14 bits per heavy atom. The summed E-state index contributed by atoms with van der Waals surface area (Å²) in [5.41, 5.74) is 0. The summed E-state index contributed by atoms with van der Waals surface area (Å²) in [5.74, 6) is 0. The third-order valence-electron chi connectivity index (χ3n) is 2.42. The SMILES string of the molecule is C[Si](C)(C)O[SiH2]CCCO[Si](C)(O[Si](C)(C)C)O[Si](C)(C)C. The first kappa shape index (κ1) is 22.9. The average molecular weight is 399 g/mol. The molecule has 0 aliphatic rings. The van der Waals surface area contributed by atoms with Crippen molar-refractivity contribution in [1.82, 2.24) is 0 Å². The van der Waals surface area contributed by atoms with Gasteiger partial charge in [0.05, 0.1) is 0 Å². The van der Waals surface area contributed by atoms with E-state index in [2.05, 4.69) is 65.5 Å². The summed E-state index contributed by atoms with van der Waals surface area (Å²) >= 11 is 0. The molecule has 0 aromatic heterocycles. The zero-order chi connectivity index (χ0) is 17.7. The highest BCUT2D eigenvalue weighted by Gasteiger charge is 2.42. The Hall–Kier alpha value is 0.924. The van der Waals surface area contributed by atoms with E-state index in [-0.39, 0.29) is 0 Å². The number of hydrogen-bond donors (Lipinski definition) is 0. The molecule has 22 heavy (non-hydrogen) atoms. The molecular formula is C13H38O4Si5. The third kappa shape index (κ3) is 14.5. The van der Waals surface area contributed by atoms with Crippen LogP contribution in [0.3, 0.4) is 0 Å². The van der Waals surface area contributed by atoms with Gasteiger partial charge in [0.2, 0.25) is 0 Å². The van der Waals surface area contributed by atoms with Crippen LogP contribution in [0.1, 0.15) is 6.42 Å². The topological polar surface area (TPSA) is 36.9 Å². The van der Waals surface area contributed by atoms with Crippen LogP contribution in [0.5, 0.6) is 0 Å². The van der Waals surface area contributed by atoms with Crippen LogP contribution in [0, 0.1) is 0 Å². The minimum absolute atomic E-state index is 0.391. The molecule has 9 heteroatoms. The van der Waals surface area contributed by atoms with Crippen LogP contribution in [0.2, 0.25) is 71.5 Å². The van der Waals surface area contributed by atoms with Gasteiger partial charge in [-0.15, -0.1) is 0 Å². The first-order valence-corrected chi connectivity index (χ1v) is 22.3. The van der Waals surface area contributed by atoms with Gasteiger partial charge < -0.3 is 16.8 Å². The van der Waals surface area contributed by atoms with Gasteiger partial charge in [0, 0.05) is 13.2 Å². The lowest BCUT2D eigenvalue weighted by Crippen LogP contribution is -2.54. The van der Waals surface area contributed by atoms with Gasteiger partial charge >= 0.3 is 8.80 Å². The van der Waals surface area contributed by atoms with Crippen molar-refractivity contribution in [2.45, 2.75) is 77.9 Å². The van der Waals surface area contributed by atoms with Crippen molar-refractivity contribution in [3.63, 3.8) is 0 Å².